The molecule has 0 bridgehead atoms. The maximum Gasteiger partial charge on any atom is 0.355 e. The zero-order valence-corrected chi connectivity index (χ0v) is 15.9. The lowest BCUT2D eigenvalue weighted by molar-refractivity contribution is 0.414. The van der Waals surface area contributed by atoms with Gasteiger partial charge >= 0.3 is 5.63 Å². The van der Waals surface area contributed by atoms with E-state index in [1.54, 1.807) is 30.3 Å². The van der Waals surface area contributed by atoms with E-state index in [1.807, 2.05) is 20.8 Å². The lowest BCUT2D eigenvalue weighted by Crippen LogP contribution is -2.15. The van der Waals surface area contributed by atoms with Gasteiger partial charge in [0.05, 0.1) is 12.0 Å². The highest BCUT2D eigenvalue weighted by molar-refractivity contribution is 7.91. The molecule has 5 nitrogen and oxygen atoms in total. The van der Waals surface area contributed by atoms with Crippen molar-refractivity contribution in [2.75, 3.05) is 7.11 Å². The molecule has 136 valence electrons. The Morgan fingerprint density at radius 2 is 1.62 bits per heavy atom. The molecule has 0 atom stereocenters. The molecule has 1 aromatic heterocycles. The van der Waals surface area contributed by atoms with Crippen LogP contribution in [0, 0.1) is 0 Å². The lowest BCUT2D eigenvalue weighted by Gasteiger charge is -2.19. The fourth-order valence-corrected chi connectivity index (χ4v) is 3.94. The number of hydrogen-bond acceptors (Lipinski definition) is 5. The molecule has 0 amide bonds. The van der Waals surface area contributed by atoms with Crippen LogP contribution in [0.1, 0.15) is 26.3 Å². The van der Waals surface area contributed by atoms with Crippen LogP contribution in [0.4, 0.5) is 0 Å². The van der Waals surface area contributed by atoms with Crippen LogP contribution < -0.4 is 10.4 Å². The summed E-state index contributed by atoms with van der Waals surface area (Å²) < 4.78 is 36.1. The quantitative estimate of drug-likeness (QED) is 0.651. The van der Waals surface area contributed by atoms with E-state index in [-0.39, 0.29) is 20.8 Å². The molecule has 0 saturated carbocycles. The predicted octanol–water partition coefficient (Wildman–Crippen LogP) is 3.93. The first-order chi connectivity index (χ1) is 12.1. The molecule has 0 N–H and O–H groups in total. The normalized spacial score (nSPS) is 12.3. The number of hydrogen-bond donors (Lipinski definition) is 0. The summed E-state index contributed by atoms with van der Waals surface area (Å²) in [5.41, 5.74) is 0.291. The lowest BCUT2D eigenvalue weighted by atomic mass is 9.87. The van der Waals surface area contributed by atoms with Crippen LogP contribution >= 0.6 is 0 Å². The Morgan fingerprint density at radius 1 is 0.962 bits per heavy atom. The molecular formula is C20H20O5S. The molecular weight excluding hydrogens is 352 g/mol. The van der Waals surface area contributed by atoms with Crippen molar-refractivity contribution in [3.05, 3.63) is 64.5 Å². The Bertz CT molecular complexity index is 1120. The predicted molar refractivity (Wildman–Crippen MR) is 99.6 cm³/mol. The minimum Gasteiger partial charge on any atom is -0.497 e. The van der Waals surface area contributed by atoms with Gasteiger partial charge in [0.15, 0.2) is 4.90 Å². The number of sulfone groups is 1. The summed E-state index contributed by atoms with van der Waals surface area (Å²) in [5, 5.41) is 0.510. The van der Waals surface area contributed by atoms with Crippen molar-refractivity contribution in [2.24, 2.45) is 0 Å². The van der Waals surface area contributed by atoms with E-state index in [2.05, 4.69) is 0 Å². The Kier molecular flexibility index (Phi) is 4.40. The SMILES string of the molecule is COc1ccc2cc(S(=O)(=O)c3ccc(C(C)(C)C)cc3)c(=O)oc2c1. The van der Waals surface area contributed by atoms with E-state index in [1.165, 1.54) is 25.3 Å². The molecule has 6 heteroatoms. The zero-order chi connectivity index (χ0) is 19.1. The third-order valence-electron chi connectivity index (χ3n) is 4.23. The van der Waals surface area contributed by atoms with Crippen molar-refractivity contribution >= 4 is 20.8 Å². The van der Waals surface area contributed by atoms with Crippen molar-refractivity contribution in [1.82, 2.24) is 0 Å². The minimum absolute atomic E-state index is 0.0608. The van der Waals surface area contributed by atoms with Gasteiger partial charge in [0.25, 0.3) is 0 Å². The molecule has 2 aromatic carbocycles. The first kappa shape index (κ1) is 18.2. The van der Waals surface area contributed by atoms with Crippen molar-refractivity contribution < 1.29 is 17.6 Å². The smallest absolute Gasteiger partial charge is 0.355 e. The Morgan fingerprint density at radius 3 is 2.19 bits per heavy atom. The van der Waals surface area contributed by atoms with Crippen LogP contribution in [0.3, 0.4) is 0 Å². The molecule has 26 heavy (non-hydrogen) atoms. The Hall–Kier alpha value is -2.60. The van der Waals surface area contributed by atoms with Gasteiger partial charge in [-0.2, -0.15) is 0 Å². The standard InChI is InChI=1S/C20H20O5S/c1-20(2,3)14-6-9-16(10-7-14)26(22,23)18-11-13-5-8-15(24-4)12-17(13)25-19(18)21/h5-12H,1-4H3. The highest BCUT2D eigenvalue weighted by atomic mass is 32.2. The van der Waals surface area contributed by atoms with E-state index >= 15 is 0 Å². The van der Waals surface area contributed by atoms with Crippen LogP contribution in [-0.2, 0) is 15.3 Å². The number of rotatable bonds is 3. The maximum absolute atomic E-state index is 12.9. The highest BCUT2D eigenvalue weighted by Gasteiger charge is 2.24. The summed E-state index contributed by atoms with van der Waals surface area (Å²) in [7, 11) is -2.48. The summed E-state index contributed by atoms with van der Waals surface area (Å²) in [4.78, 5) is 12.0. The van der Waals surface area contributed by atoms with Crippen LogP contribution in [-0.4, -0.2) is 15.5 Å². The number of methoxy groups -OCH3 is 1. The first-order valence-corrected chi connectivity index (χ1v) is 9.59. The molecule has 0 aliphatic carbocycles. The first-order valence-electron chi connectivity index (χ1n) is 8.10. The minimum atomic E-state index is -3.98. The van der Waals surface area contributed by atoms with Gasteiger partial charge in [-0.15, -0.1) is 0 Å². The molecule has 0 unspecified atom stereocenters. The Balaban J connectivity index is 2.12. The molecule has 0 aliphatic rings. The van der Waals surface area contributed by atoms with E-state index in [4.69, 9.17) is 9.15 Å². The maximum atomic E-state index is 12.9. The molecule has 0 aliphatic heterocycles. The number of fused-ring (bicyclic) bond motifs is 1. The third-order valence-corrected chi connectivity index (χ3v) is 5.99. The monoisotopic (exact) mass is 372 g/mol. The zero-order valence-electron chi connectivity index (χ0n) is 15.1. The van der Waals surface area contributed by atoms with Crippen LogP contribution in [0.5, 0.6) is 5.75 Å². The van der Waals surface area contributed by atoms with Crippen molar-refractivity contribution in [1.29, 1.82) is 0 Å². The molecule has 0 radical (unpaired) electrons. The van der Waals surface area contributed by atoms with Crippen LogP contribution in [0.25, 0.3) is 11.0 Å². The van der Waals surface area contributed by atoms with Gasteiger partial charge in [-0.1, -0.05) is 32.9 Å². The highest BCUT2D eigenvalue weighted by Crippen LogP contribution is 2.27. The van der Waals surface area contributed by atoms with Crippen LogP contribution in [0.15, 0.2) is 67.5 Å². The van der Waals surface area contributed by atoms with E-state index in [0.717, 1.165) is 5.56 Å². The van der Waals surface area contributed by atoms with Gasteiger partial charge in [-0.25, -0.2) is 13.2 Å². The van der Waals surface area contributed by atoms with Gasteiger partial charge in [0, 0.05) is 11.5 Å². The van der Waals surface area contributed by atoms with Crippen molar-refractivity contribution in [3.63, 3.8) is 0 Å². The van der Waals surface area contributed by atoms with Gasteiger partial charge in [0.1, 0.15) is 11.3 Å². The average molecular weight is 372 g/mol. The van der Waals surface area contributed by atoms with E-state index in [9.17, 15) is 13.2 Å². The summed E-state index contributed by atoms with van der Waals surface area (Å²) in [6, 6.07) is 12.8. The average Bonchev–Trinajstić information content (AvgIpc) is 2.59. The second-order valence-electron chi connectivity index (χ2n) is 7.08. The summed E-state index contributed by atoms with van der Waals surface area (Å²) in [6.07, 6.45) is 0. The number of benzene rings is 2. The van der Waals surface area contributed by atoms with Crippen LogP contribution in [0.2, 0.25) is 0 Å². The largest absolute Gasteiger partial charge is 0.497 e. The summed E-state index contributed by atoms with van der Waals surface area (Å²) in [6.45, 7) is 6.13. The molecule has 0 saturated heterocycles. The molecule has 0 fully saturated rings. The van der Waals surface area contributed by atoms with Crippen molar-refractivity contribution in [3.8, 4) is 5.75 Å². The topological polar surface area (TPSA) is 73.6 Å². The summed E-state index contributed by atoms with van der Waals surface area (Å²) in [5.74, 6) is 0.522. The Labute approximate surface area is 152 Å². The number of ether oxygens (including phenoxy) is 1. The van der Waals surface area contributed by atoms with Crippen molar-refractivity contribution in [2.45, 2.75) is 36.0 Å². The second-order valence-corrected chi connectivity index (χ2v) is 9.00. The fraction of sp³-hybridized carbons (Fsp3) is 0.250. The molecule has 1 heterocycles. The third kappa shape index (κ3) is 3.24. The molecule has 3 rings (SSSR count). The second kappa shape index (κ2) is 6.29. The summed E-state index contributed by atoms with van der Waals surface area (Å²) >= 11 is 0. The molecule has 3 aromatic rings. The fourth-order valence-electron chi connectivity index (χ4n) is 2.65. The van der Waals surface area contributed by atoms with Gasteiger partial charge in [0.2, 0.25) is 9.84 Å². The van der Waals surface area contributed by atoms with Gasteiger partial charge < -0.3 is 9.15 Å². The molecule has 0 spiro atoms. The van der Waals surface area contributed by atoms with Gasteiger partial charge in [-0.3, -0.25) is 0 Å². The van der Waals surface area contributed by atoms with E-state index < -0.39 is 15.5 Å². The van der Waals surface area contributed by atoms with E-state index in [0.29, 0.717) is 11.1 Å². The van der Waals surface area contributed by atoms with Gasteiger partial charge in [-0.05, 0) is 41.3 Å².